The minimum absolute atomic E-state index is 0.0104. The van der Waals surface area contributed by atoms with E-state index in [1.807, 2.05) is 12.1 Å². The Morgan fingerprint density at radius 3 is 2.17 bits per heavy atom. The van der Waals surface area contributed by atoms with Crippen LogP contribution in [0.5, 0.6) is 0 Å². The number of carbonyl (C=O) groups excluding carboxylic acids is 2. The Kier molecular flexibility index (Phi) is 8.08. The number of hydrogen-bond donors (Lipinski definition) is 3. The lowest BCUT2D eigenvalue weighted by molar-refractivity contribution is -0.141. The number of amides is 2. The standard InChI is InChI=1S/C25H29N5O4S/c1-3-30(4-2)24(32)22(15-17-9-12-20(13-10-17)28-25(26)27)23(31)29-35(33,34)21-14-11-18-7-5-6-8-19(18)16-21/h5-14,16,22H,3-4,15H2,1-2H3,(H,29,31)(H4,26,27,28). The van der Waals surface area contributed by atoms with E-state index in [1.54, 1.807) is 56.3 Å². The Hall–Kier alpha value is -3.92. The van der Waals surface area contributed by atoms with Crippen molar-refractivity contribution in [3.05, 3.63) is 72.3 Å². The number of rotatable bonds is 9. The summed E-state index contributed by atoms with van der Waals surface area (Å²) in [6.45, 7) is 4.37. The number of carbonyl (C=O) groups is 2. The van der Waals surface area contributed by atoms with E-state index in [4.69, 9.17) is 11.5 Å². The first-order chi connectivity index (χ1) is 16.6. The number of nitrogens with one attached hydrogen (secondary N) is 1. The fourth-order valence-corrected chi connectivity index (χ4v) is 4.79. The van der Waals surface area contributed by atoms with E-state index in [1.165, 1.54) is 17.0 Å². The van der Waals surface area contributed by atoms with Crippen LogP contribution in [0.3, 0.4) is 0 Å². The topological polar surface area (TPSA) is 148 Å². The second kappa shape index (κ2) is 11.0. The highest BCUT2D eigenvalue weighted by Gasteiger charge is 2.33. The monoisotopic (exact) mass is 495 g/mol. The fourth-order valence-electron chi connectivity index (χ4n) is 3.74. The minimum atomic E-state index is -4.20. The Morgan fingerprint density at radius 1 is 0.943 bits per heavy atom. The fraction of sp³-hybridized carbons (Fsp3) is 0.240. The van der Waals surface area contributed by atoms with Crippen LogP contribution in [0.25, 0.3) is 10.8 Å². The summed E-state index contributed by atoms with van der Waals surface area (Å²) >= 11 is 0. The van der Waals surface area contributed by atoms with E-state index in [-0.39, 0.29) is 17.3 Å². The van der Waals surface area contributed by atoms with Crippen molar-refractivity contribution in [1.82, 2.24) is 9.62 Å². The zero-order valence-electron chi connectivity index (χ0n) is 19.6. The smallest absolute Gasteiger partial charge is 0.264 e. The van der Waals surface area contributed by atoms with Gasteiger partial charge in [0.25, 0.3) is 10.0 Å². The molecule has 0 aliphatic carbocycles. The number of benzene rings is 3. The van der Waals surface area contributed by atoms with Gasteiger partial charge in [0.15, 0.2) is 5.96 Å². The second-order valence-corrected chi connectivity index (χ2v) is 9.63. The summed E-state index contributed by atoms with van der Waals surface area (Å²) < 4.78 is 28.2. The van der Waals surface area contributed by atoms with Crippen LogP contribution in [-0.4, -0.2) is 44.2 Å². The second-order valence-electron chi connectivity index (χ2n) is 7.95. The number of guanidine groups is 1. The lowest BCUT2D eigenvalue weighted by Crippen LogP contribution is -2.46. The molecule has 2 amide bonds. The third-order valence-electron chi connectivity index (χ3n) is 5.59. The van der Waals surface area contributed by atoms with Crippen molar-refractivity contribution in [2.45, 2.75) is 25.2 Å². The number of aliphatic imine (C=N–C) groups is 1. The largest absolute Gasteiger partial charge is 0.370 e. The van der Waals surface area contributed by atoms with Crippen LogP contribution in [-0.2, 0) is 26.0 Å². The molecule has 0 heterocycles. The molecule has 184 valence electrons. The summed E-state index contributed by atoms with van der Waals surface area (Å²) in [6.07, 6.45) is 0.0104. The summed E-state index contributed by atoms with van der Waals surface area (Å²) in [7, 11) is -4.20. The average Bonchev–Trinajstić information content (AvgIpc) is 2.83. The number of sulfonamides is 1. The highest BCUT2D eigenvalue weighted by molar-refractivity contribution is 7.90. The summed E-state index contributed by atoms with van der Waals surface area (Å²) in [6, 6.07) is 18.6. The first-order valence-corrected chi connectivity index (χ1v) is 12.7. The molecule has 1 unspecified atom stereocenters. The van der Waals surface area contributed by atoms with Gasteiger partial charge in [-0.15, -0.1) is 0 Å². The van der Waals surface area contributed by atoms with Crippen molar-refractivity contribution in [3.8, 4) is 0 Å². The number of fused-ring (bicyclic) bond motifs is 1. The van der Waals surface area contributed by atoms with Gasteiger partial charge in [0.05, 0.1) is 10.6 Å². The lowest BCUT2D eigenvalue weighted by Gasteiger charge is -2.24. The molecule has 3 aromatic rings. The van der Waals surface area contributed by atoms with Crippen molar-refractivity contribution in [2.24, 2.45) is 22.4 Å². The highest BCUT2D eigenvalue weighted by atomic mass is 32.2. The summed E-state index contributed by atoms with van der Waals surface area (Å²) in [5.41, 5.74) is 12.0. The molecular formula is C25H29N5O4S. The maximum atomic E-state index is 13.2. The lowest BCUT2D eigenvalue weighted by atomic mass is 9.97. The first kappa shape index (κ1) is 25.7. The molecule has 10 heteroatoms. The van der Waals surface area contributed by atoms with E-state index < -0.39 is 27.8 Å². The Bertz CT molecular complexity index is 1350. The molecule has 0 aromatic heterocycles. The minimum Gasteiger partial charge on any atom is -0.370 e. The van der Waals surface area contributed by atoms with Crippen molar-refractivity contribution in [1.29, 1.82) is 0 Å². The maximum Gasteiger partial charge on any atom is 0.264 e. The highest BCUT2D eigenvalue weighted by Crippen LogP contribution is 2.21. The molecule has 0 saturated heterocycles. The van der Waals surface area contributed by atoms with Crippen molar-refractivity contribution >= 4 is 44.3 Å². The third kappa shape index (κ3) is 6.36. The van der Waals surface area contributed by atoms with Crippen molar-refractivity contribution < 1.29 is 18.0 Å². The molecule has 3 aromatic carbocycles. The van der Waals surface area contributed by atoms with Crippen LogP contribution in [0.15, 0.2) is 76.6 Å². The van der Waals surface area contributed by atoms with Crippen LogP contribution in [0.4, 0.5) is 5.69 Å². The molecule has 0 bridgehead atoms. The van der Waals surface area contributed by atoms with Gasteiger partial charge >= 0.3 is 0 Å². The van der Waals surface area contributed by atoms with Gasteiger partial charge in [-0.3, -0.25) is 9.59 Å². The Balaban J connectivity index is 1.89. The van der Waals surface area contributed by atoms with Crippen molar-refractivity contribution in [3.63, 3.8) is 0 Å². The molecule has 9 nitrogen and oxygen atoms in total. The Labute approximate surface area is 204 Å². The van der Waals surface area contributed by atoms with Gasteiger partial charge in [-0.1, -0.05) is 42.5 Å². The average molecular weight is 496 g/mol. The molecule has 0 aliphatic heterocycles. The summed E-state index contributed by atoms with van der Waals surface area (Å²) in [5.74, 6) is -2.66. The van der Waals surface area contributed by atoms with E-state index in [9.17, 15) is 18.0 Å². The van der Waals surface area contributed by atoms with E-state index in [0.29, 0.717) is 24.3 Å². The predicted octanol–water partition coefficient (Wildman–Crippen LogP) is 2.28. The van der Waals surface area contributed by atoms with Crippen LogP contribution in [0.2, 0.25) is 0 Å². The van der Waals surface area contributed by atoms with Crippen molar-refractivity contribution in [2.75, 3.05) is 13.1 Å². The maximum absolute atomic E-state index is 13.2. The summed E-state index contributed by atoms with van der Waals surface area (Å²) in [5, 5.41) is 1.59. The van der Waals surface area contributed by atoms with Gasteiger partial charge in [0, 0.05) is 13.1 Å². The van der Waals surface area contributed by atoms with E-state index in [0.717, 1.165) is 10.8 Å². The molecular weight excluding hydrogens is 466 g/mol. The molecule has 0 aliphatic rings. The SMILES string of the molecule is CCN(CC)C(=O)C(Cc1ccc(N=C(N)N)cc1)C(=O)NS(=O)(=O)c1ccc2ccccc2c1. The van der Waals surface area contributed by atoms with Gasteiger partial charge in [-0.25, -0.2) is 18.1 Å². The normalized spacial score (nSPS) is 12.1. The summed E-state index contributed by atoms with van der Waals surface area (Å²) in [4.78, 5) is 31.8. The third-order valence-corrected chi connectivity index (χ3v) is 6.93. The van der Waals surface area contributed by atoms with Gasteiger partial charge in [0.1, 0.15) is 5.92 Å². The van der Waals surface area contributed by atoms with Crippen LogP contribution < -0.4 is 16.2 Å². The quantitative estimate of drug-likeness (QED) is 0.236. The van der Waals surface area contributed by atoms with Gasteiger partial charge in [0.2, 0.25) is 11.8 Å². The molecule has 0 radical (unpaired) electrons. The van der Waals surface area contributed by atoms with Gasteiger partial charge < -0.3 is 16.4 Å². The number of hydrogen-bond acceptors (Lipinski definition) is 5. The van der Waals surface area contributed by atoms with Gasteiger partial charge in [-0.2, -0.15) is 0 Å². The Morgan fingerprint density at radius 2 is 1.57 bits per heavy atom. The first-order valence-electron chi connectivity index (χ1n) is 11.2. The predicted molar refractivity (Wildman–Crippen MR) is 136 cm³/mol. The van der Waals surface area contributed by atoms with Crippen LogP contribution in [0.1, 0.15) is 19.4 Å². The molecule has 35 heavy (non-hydrogen) atoms. The molecule has 5 N–H and O–H groups in total. The number of nitrogens with two attached hydrogens (primary N) is 2. The molecule has 0 saturated carbocycles. The zero-order valence-corrected chi connectivity index (χ0v) is 20.5. The van der Waals surface area contributed by atoms with E-state index in [2.05, 4.69) is 9.71 Å². The van der Waals surface area contributed by atoms with Crippen LogP contribution >= 0.6 is 0 Å². The molecule has 0 fully saturated rings. The number of nitrogens with zero attached hydrogens (tertiary/aromatic N) is 2. The molecule has 1 atom stereocenters. The molecule has 0 spiro atoms. The van der Waals surface area contributed by atoms with Gasteiger partial charge in [-0.05, 0) is 60.9 Å². The molecule has 3 rings (SSSR count). The van der Waals surface area contributed by atoms with E-state index >= 15 is 0 Å². The van der Waals surface area contributed by atoms with Crippen LogP contribution in [0, 0.1) is 5.92 Å². The zero-order chi connectivity index (χ0) is 25.6.